The van der Waals surface area contributed by atoms with Crippen LogP contribution in [0.2, 0.25) is 5.02 Å². The van der Waals surface area contributed by atoms with Crippen molar-refractivity contribution in [3.63, 3.8) is 0 Å². The Labute approximate surface area is 179 Å². The first kappa shape index (κ1) is 21.8. The van der Waals surface area contributed by atoms with Gasteiger partial charge in [-0.15, -0.1) is 0 Å². The van der Waals surface area contributed by atoms with Gasteiger partial charge in [0.15, 0.2) is 0 Å². The zero-order valence-corrected chi connectivity index (χ0v) is 20.0. The molecule has 1 aromatic heterocycles. The molecule has 154 valence electrons. The van der Waals surface area contributed by atoms with Crippen LogP contribution in [0.4, 0.5) is 5.69 Å². The van der Waals surface area contributed by atoms with Crippen molar-refractivity contribution in [2.24, 2.45) is 4.74 Å². The van der Waals surface area contributed by atoms with Gasteiger partial charge in [-0.2, -0.15) is 5.10 Å². The van der Waals surface area contributed by atoms with Gasteiger partial charge < -0.3 is 0 Å². The highest BCUT2D eigenvalue weighted by Gasteiger charge is 2.42. The highest BCUT2D eigenvalue weighted by molar-refractivity contribution is 7.73. The normalized spacial score (nSPS) is 14.1. The zero-order chi connectivity index (χ0) is 21.4. The average molecular weight is 429 g/mol. The molecule has 1 heterocycles. The van der Waals surface area contributed by atoms with E-state index in [1.807, 2.05) is 47.1 Å². The molecule has 1 unspecified atom stereocenters. The van der Waals surface area contributed by atoms with Crippen molar-refractivity contribution in [3.8, 4) is 5.69 Å². The molecule has 0 saturated carbocycles. The SMILES string of the molecule is Cc1nn(-c2ccccc2)c(C)c1P(=Nc1ccccc1Cl)(N(C)C)C(C)(C)C. The Morgan fingerprint density at radius 1 is 0.966 bits per heavy atom. The van der Waals surface area contributed by atoms with E-state index in [1.165, 1.54) is 5.30 Å². The summed E-state index contributed by atoms with van der Waals surface area (Å²) in [6, 6.07) is 18.1. The summed E-state index contributed by atoms with van der Waals surface area (Å²) in [4.78, 5) is 0. The summed E-state index contributed by atoms with van der Waals surface area (Å²) in [5, 5.41) is 6.71. The first-order chi connectivity index (χ1) is 13.6. The maximum atomic E-state index is 6.54. The quantitative estimate of drug-likeness (QED) is 0.440. The van der Waals surface area contributed by atoms with Crippen LogP contribution in [0.3, 0.4) is 0 Å². The van der Waals surface area contributed by atoms with Gasteiger partial charge >= 0.3 is 0 Å². The highest BCUT2D eigenvalue weighted by atomic mass is 35.5. The van der Waals surface area contributed by atoms with E-state index in [0.29, 0.717) is 5.02 Å². The molecule has 3 rings (SSSR count). The molecule has 0 aliphatic heterocycles. The zero-order valence-electron chi connectivity index (χ0n) is 18.3. The van der Waals surface area contributed by atoms with E-state index in [9.17, 15) is 0 Å². The molecule has 0 saturated heterocycles. The van der Waals surface area contributed by atoms with E-state index in [0.717, 1.165) is 22.8 Å². The molecule has 4 nitrogen and oxygen atoms in total. The molecule has 0 bridgehead atoms. The topological polar surface area (TPSA) is 33.4 Å². The van der Waals surface area contributed by atoms with Crippen molar-refractivity contribution in [2.75, 3.05) is 14.1 Å². The predicted octanol–water partition coefficient (Wildman–Crippen LogP) is 6.58. The third-order valence-electron chi connectivity index (χ3n) is 5.18. The summed E-state index contributed by atoms with van der Waals surface area (Å²) in [6.45, 7) is 11.0. The lowest BCUT2D eigenvalue weighted by molar-refractivity contribution is 0.625. The number of hydrogen-bond acceptors (Lipinski definition) is 2. The Bertz CT molecular complexity index is 1060. The number of aryl methyl sites for hydroxylation is 1. The molecule has 0 amide bonds. The van der Waals surface area contributed by atoms with E-state index in [-0.39, 0.29) is 5.16 Å². The van der Waals surface area contributed by atoms with Gasteiger partial charge in [0.2, 0.25) is 0 Å². The van der Waals surface area contributed by atoms with Gasteiger partial charge in [-0.05, 0) is 52.2 Å². The third kappa shape index (κ3) is 3.82. The molecule has 0 N–H and O–H groups in total. The van der Waals surface area contributed by atoms with E-state index >= 15 is 0 Å². The molecule has 0 fully saturated rings. The Balaban J connectivity index is 2.41. The van der Waals surface area contributed by atoms with Gasteiger partial charge in [0.1, 0.15) is 0 Å². The van der Waals surface area contributed by atoms with Crippen LogP contribution >= 0.6 is 18.8 Å². The largest absolute Gasteiger partial charge is 0.271 e. The maximum absolute atomic E-state index is 6.54. The molecular formula is C23H30ClN4P. The van der Waals surface area contributed by atoms with Crippen LogP contribution in [0.1, 0.15) is 32.2 Å². The standard InChI is InChI=1S/C23H30ClN4P/c1-17-22(18(2)28(25-17)19-13-9-8-10-14-19)29(27(6)7,23(3,4)5)26-21-16-12-11-15-20(21)24/h8-16H,1-7H3. The second kappa shape index (κ2) is 8.10. The van der Waals surface area contributed by atoms with Gasteiger partial charge in [0.25, 0.3) is 0 Å². The van der Waals surface area contributed by atoms with Crippen molar-refractivity contribution < 1.29 is 0 Å². The number of benzene rings is 2. The molecule has 1 atom stereocenters. The fourth-order valence-corrected chi connectivity index (χ4v) is 8.63. The number of aromatic nitrogens is 2. The van der Waals surface area contributed by atoms with Crippen molar-refractivity contribution in [2.45, 2.75) is 39.8 Å². The van der Waals surface area contributed by atoms with Crippen molar-refractivity contribution in [3.05, 3.63) is 71.0 Å². The summed E-state index contributed by atoms with van der Waals surface area (Å²) < 4.78 is 9.74. The number of rotatable bonds is 4. The van der Waals surface area contributed by atoms with Gasteiger partial charge in [-0.25, -0.2) is 9.43 Å². The van der Waals surface area contributed by atoms with Gasteiger partial charge in [-0.3, -0.25) is 4.67 Å². The summed E-state index contributed by atoms with van der Waals surface area (Å²) >= 11 is 6.54. The van der Waals surface area contributed by atoms with Gasteiger partial charge in [-0.1, -0.05) is 62.7 Å². The van der Waals surface area contributed by atoms with Crippen LogP contribution in [0.25, 0.3) is 5.69 Å². The predicted molar refractivity (Wildman–Crippen MR) is 127 cm³/mol. The van der Waals surface area contributed by atoms with Crippen LogP contribution in [0.15, 0.2) is 59.3 Å². The second-order valence-corrected chi connectivity index (χ2v) is 12.8. The minimum Gasteiger partial charge on any atom is -0.271 e. The second-order valence-electron chi connectivity index (χ2n) is 8.44. The molecule has 0 radical (unpaired) electrons. The average Bonchev–Trinajstić information content (AvgIpc) is 2.95. The minimum absolute atomic E-state index is 0.115. The van der Waals surface area contributed by atoms with Crippen molar-refractivity contribution in [1.82, 2.24) is 14.5 Å². The first-order valence-corrected chi connectivity index (χ1v) is 11.8. The number of hydrogen-bond donors (Lipinski definition) is 0. The Kier molecular flexibility index (Phi) is 6.10. The molecule has 0 aliphatic carbocycles. The minimum atomic E-state index is -2.24. The molecule has 0 aliphatic rings. The smallest absolute Gasteiger partial charge is 0.0819 e. The fraction of sp³-hybridized carbons (Fsp3) is 0.348. The van der Waals surface area contributed by atoms with Crippen molar-refractivity contribution >= 4 is 29.8 Å². The maximum Gasteiger partial charge on any atom is 0.0819 e. The molecular weight excluding hydrogens is 399 g/mol. The number of halogens is 1. The van der Waals surface area contributed by atoms with Gasteiger partial charge in [0, 0.05) is 5.16 Å². The summed E-state index contributed by atoms with van der Waals surface area (Å²) in [5.74, 6) is 0. The molecule has 3 aromatic rings. The summed E-state index contributed by atoms with van der Waals surface area (Å²) in [7, 11) is 2.01. The van der Waals surface area contributed by atoms with Crippen LogP contribution < -0.4 is 5.30 Å². The van der Waals surface area contributed by atoms with E-state index in [1.54, 1.807) is 0 Å². The highest BCUT2D eigenvalue weighted by Crippen LogP contribution is 2.64. The van der Waals surface area contributed by atoms with E-state index in [4.69, 9.17) is 21.4 Å². The monoisotopic (exact) mass is 428 g/mol. The lowest BCUT2D eigenvalue weighted by Gasteiger charge is -2.42. The third-order valence-corrected chi connectivity index (χ3v) is 10.3. The first-order valence-electron chi connectivity index (χ1n) is 9.76. The lowest BCUT2D eigenvalue weighted by atomic mass is 10.3. The molecule has 0 spiro atoms. The van der Waals surface area contributed by atoms with Crippen LogP contribution in [-0.4, -0.2) is 33.7 Å². The number of para-hydroxylation sites is 1. The van der Waals surface area contributed by atoms with Gasteiger partial charge in [0.05, 0.1) is 40.3 Å². The van der Waals surface area contributed by atoms with Crippen LogP contribution in [0.5, 0.6) is 0 Å². The molecule has 6 heteroatoms. The Morgan fingerprint density at radius 3 is 2.10 bits per heavy atom. The molecule has 29 heavy (non-hydrogen) atoms. The van der Waals surface area contributed by atoms with E-state index < -0.39 is 7.21 Å². The fourth-order valence-electron chi connectivity index (χ4n) is 4.02. The lowest BCUT2D eigenvalue weighted by Crippen LogP contribution is -2.34. The van der Waals surface area contributed by atoms with Crippen molar-refractivity contribution in [1.29, 1.82) is 0 Å². The molecule has 2 aromatic carbocycles. The summed E-state index contributed by atoms with van der Waals surface area (Å²) in [6.07, 6.45) is 0. The Hall–Kier alpha value is -1.87. The number of nitrogens with zero attached hydrogens (tertiary/aromatic N) is 4. The van der Waals surface area contributed by atoms with Crippen LogP contribution in [0, 0.1) is 13.8 Å². The Morgan fingerprint density at radius 2 is 1.55 bits per heavy atom. The summed E-state index contributed by atoms with van der Waals surface area (Å²) in [5.41, 5.74) is 4.03. The van der Waals surface area contributed by atoms with E-state index in [2.05, 4.69) is 65.5 Å². The van der Waals surface area contributed by atoms with Crippen LogP contribution in [-0.2, 0) is 0 Å².